The first kappa shape index (κ1) is 11.1. The van der Waals surface area contributed by atoms with Crippen LogP contribution < -0.4 is 5.32 Å². The van der Waals surface area contributed by atoms with Crippen LogP contribution in [0.1, 0.15) is 13.3 Å². The molecule has 0 unspecified atom stereocenters. The fraction of sp³-hybridized carbons (Fsp3) is 0.571. The summed E-state index contributed by atoms with van der Waals surface area (Å²) in [6.45, 7) is 2.67. The Kier molecular flexibility index (Phi) is 3.72. The zero-order valence-electron chi connectivity index (χ0n) is 8.21. The van der Waals surface area contributed by atoms with E-state index in [2.05, 4.69) is 15.6 Å². The van der Waals surface area contributed by atoms with E-state index in [4.69, 9.17) is 0 Å². The van der Waals surface area contributed by atoms with Crippen LogP contribution in [-0.2, 0) is 11.3 Å². The van der Waals surface area contributed by atoms with Gasteiger partial charge >= 0.3 is 5.82 Å². The SMILES string of the molecule is CCNC(=O)CCn1cc([N+](=O)[O-])nn1. The van der Waals surface area contributed by atoms with Crippen LogP contribution in [-0.4, -0.2) is 32.4 Å². The summed E-state index contributed by atoms with van der Waals surface area (Å²) in [4.78, 5) is 20.7. The molecule has 0 bridgehead atoms. The summed E-state index contributed by atoms with van der Waals surface area (Å²) in [7, 11) is 0. The second-order valence-corrected chi connectivity index (χ2v) is 2.80. The largest absolute Gasteiger partial charge is 0.410 e. The van der Waals surface area contributed by atoms with Crippen molar-refractivity contribution in [3.05, 3.63) is 16.3 Å². The third-order valence-corrected chi connectivity index (χ3v) is 1.66. The van der Waals surface area contributed by atoms with E-state index in [0.717, 1.165) is 0 Å². The lowest BCUT2D eigenvalue weighted by molar-refractivity contribution is -0.389. The third-order valence-electron chi connectivity index (χ3n) is 1.66. The van der Waals surface area contributed by atoms with E-state index in [9.17, 15) is 14.9 Å². The Balaban J connectivity index is 2.44. The zero-order chi connectivity index (χ0) is 11.3. The number of hydrogen-bond acceptors (Lipinski definition) is 5. The summed E-state index contributed by atoms with van der Waals surface area (Å²) in [5, 5.41) is 19.7. The molecule has 0 aliphatic rings. The Hall–Kier alpha value is -1.99. The summed E-state index contributed by atoms with van der Waals surface area (Å²) in [6.07, 6.45) is 1.42. The Morgan fingerprint density at radius 2 is 2.47 bits per heavy atom. The molecule has 0 aliphatic heterocycles. The second-order valence-electron chi connectivity index (χ2n) is 2.80. The summed E-state index contributed by atoms with van der Waals surface area (Å²) in [6, 6.07) is 0. The molecule has 0 aromatic carbocycles. The molecule has 1 heterocycles. The minimum atomic E-state index is -0.629. The molecule has 8 heteroatoms. The summed E-state index contributed by atoms with van der Waals surface area (Å²) >= 11 is 0. The maximum Gasteiger partial charge on any atom is 0.410 e. The minimum Gasteiger partial charge on any atom is -0.358 e. The first-order chi connectivity index (χ1) is 7.13. The predicted octanol–water partition coefficient (Wildman–Crippen LogP) is -0.288. The van der Waals surface area contributed by atoms with Crippen LogP contribution in [0.15, 0.2) is 6.20 Å². The molecule has 0 saturated heterocycles. The van der Waals surface area contributed by atoms with E-state index >= 15 is 0 Å². The molecular formula is C7H11N5O3. The van der Waals surface area contributed by atoms with Crippen LogP contribution in [0, 0.1) is 10.1 Å². The van der Waals surface area contributed by atoms with E-state index in [1.165, 1.54) is 10.9 Å². The Morgan fingerprint density at radius 3 is 3.00 bits per heavy atom. The number of hydrogen-bond donors (Lipinski definition) is 1. The van der Waals surface area contributed by atoms with Crippen LogP contribution in [0.3, 0.4) is 0 Å². The van der Waals surface area contributed by atoms with Crippen molar-refractivity contribution < 1.29 is 9.72 Å². The van der Waals surface area contributed by atoms with Crippen molar-refractivity contribution in [2.45, 2.75) is 19.9 Å². The molecule has 15 heavy (non-hydrogen) atoms. The van der Waals surface area contributed by atoms with Crippen molar-refractivity contribution in [3.63, 3.8) is 0 Å². The van der Waals surface area contributed by atoms with Crippen LogP contribution in [0.5, 0.6) is 0 Å². The van der Waals surface area contributed by atoms with Gasteiger partial charge in [0, 0.05) is 13.0 Å². The molecule has 1 rings (SSSR count). The highest BCUT2D eigenvalue weighted by Gasteiger charge is 2.12. The van der Waals surface area contributed by atoms with Crippen LogP contribution in [0.25, 0.3) is 0 Å². The van der Waals surface area contributed by atoms with E-state index in [0.29, 0.717) is 6.54 Å². The first-order valence-electron chi connectivity index (χ1n) is 4.44. The molecule has 0 spiro atoms. The summed E-state index contributed by atoms with van der Waals surface area (Å²) in [5.41, 5.74) is 0. The number of nitrogens with one attached hydrogen (secondary N) is 1. The highest BCUT2D eigenvalue weighted by Crippen LogP contribution is 2.03. The van der Waals surface area contributed by atoms with E-state index in [1.807, 2.05) is 6.92 Å². The van der Waals surface area contributed by atoms with Crippen molar-refractivity contribution in [3.8, 4) is 0 Å². The smallest absolute Gasteiger partial charge is 0.358 e. The number of amides is 1. The second kappa shape index (κ2) is 5.03. The molecule has 0 fully saturated rings. The fourth-order valence-electron chi connectivity index (χ4n) is 0.983. The predicted molar refractivity (Wildman–Crippen MR) is 50.0 cm³/mol. The van der Waals surface area contributed by atoms with Crippen molar-refractivity contribution in [2.75, 3.05) is 6.54 Å². The van der Waals surface area contributed by atoms with Gasteiger partial charge in [-0.1, -0.05) is 0 Å². The number of carbonyl (C=O) groups is 1. The average Bonchev–Trinajstić information content (AvgIpc) is 2.63. The van der Waals surface area contributed by atoms with Crippen molar-refractivity contribution in [2.24, 2.45) is 0 Å². The number of nitrogens with zero attached hydrogens (tertiary/aromatic N) is 4. The maximum absolute atomic E-state index is 11.1. The standard InChI is InChI=1S/C7H11N5O3/c1-2-8-7(13)3-4-11-5-6(9-10-11)12(14)15/h5H,2-4H2,1H3,(H,8,13). The van der Waals surface area contributed by atoms with Gasteiger partial charge in [-0.2, -0.15) is 0 Å². The normalized spacial score (nSPS) is 9.93. The van der Waals surface area contributed by atoms with Gasteiger partial charge in [0.2, 0.25) is 5.91 Å². The quantitative estimate of drug-likeness (QED) is 0.534. The van der Waals surface area contributed by atoms with Gasteiger partial charge in [0.1, 0.15) is 11.3 Å². The van der Waals surface area contributed by atoms with Gasteiger partial charge in [-0.05, 0) is 11.8 Å². The van der Waals surface area contributed by atoms with E-state index in [1.54, 1.807) is 0 Å². The molecule has 0 aliphatic carbocycles. The van der Waals surface area contributed by atoms with Crippen LogP contribution >= 0.6 is 0 Å². The molecule has 0 atom stereocenters. The first-order valence-corrected chi connectivity index (χ1v) is 4.44. The Morgan fingerprint density at radius 1 is 1.73 bits per heavy atom. The minimum absolute atomic E-state index is 0.115. The summed E-state index contributed by atoms with van der Waals surface area (Å²) < 4.78 is 1.27. The molecule has 82 valence electrons. The zero-order valence-corrected chi connectivity index (χ0v) is 8.21. The van der Waals surface area contributed by atoms with Gasteiger partial charge in [0.25, 0.3) is 0 Å². The third kappa shape index (κ3) is 3.33. The van der Waals surface area contributed by atoms with Gasteiger partial charge in [-0.3, -0.25) is 4.79 Å². The number of nitro groups is 1. The molecule has 1 aromatic heterocycles. The highest BCUT2D eigenvalue weighted by atomic mass is 16.6. The molecule has 8 nitrogen and oxygen atoms in total. The van der Waals surface area contributed by atoms with Gasteiger partial charge in [0.15, 0.2) is 0 Å². The number of aromatic nitrogens is 3. The number of rotatable bonds is 5. The lowest BCUT2D eigenvalue weighted by Crippen LogP contribution is -2.23. The molecule has 0 radical (unpaired) electrons. The van der Waals surface area contributed by atoms with Crippen molar-refractivity contribution in [1.29, 1.82) is 0 Å². The Bertz CT molecular complexity index is 361. The molecule has 1 amide bonds. The van der Waals surface area contributed by atoms with E-state index in [-0.39, 0.29) is 24.7 Å². The topological polar surface area (TPSA) is 103 Å². The molecule has 1 aromatic rings. The molecule has 0 saturated carbocycles. The lowest BCUT2D eigenvalue weighted by atomic mass is 10.4. The number of aryl methyl sites for hydroxylation is 1. The fourth-order valence-corrected chi connectivity index (χ4v) is 0.983. The van der Waals surface area contributed by atoms with Gasteiger partial charge in [0.05, 0.1) is 11.8 Å². The Labute approximate surface area is 85.4 Å². The van der Waals surface area contributed by atoms with Gasteiger partial charge in [-0.15, -0.1) is 0 Å². The number of carbonyl (C=O) groups excluding carboxylic acids is 1. The summed E-state index contributed by atoms with van der Waals surface area (Å²) in [5.74, 6) is -0.429. The maximum atomic E-state index is 11.1. The average molecular weight is 213 g/mol. The van der Waals surface area contributed by atoms with Gasteiger partial charge < -0.3 is 15.4 Å². The van der Waals surface area contributed by atoms with Crippen molar-refractivity contribution >= 4 is 11.7 Å². The highest BCUT2D eigenvalue weighted by molar-refractivity contribution is 5.75. The van der Waals surface area contributed by atoms with Crippen LogP contribution in [0.4, 0.5) is 5.82 Å². The monoisotopic (exact) mass is 213 g/mol. The molecular weight excluding hydrogens is 202 g/mol. The molecule has 1 N–H and O–H groups in total. The van der Waals surface area contributed by atoms with Gasteiger partial charge in [-0.25, -0.2) is 4.68 Å². The van der Waals surface area contributed by atoms with Crippen molar-refractivity contribution in [1.82, 2.24) is 20.3 Å². The van der Waals surface area contributed by atoms with Crippen LogP contribution in [0.2, 0.25) is 0 Å². The van der Waals surface area contributed by atoms with E-state index < -0.39 is 4.92 Å². The lowest BCUT2D eigenvalue weighted by Gasteiger charge is -1.99.